The maximum Gasteiger partial charge on any atom is 0.232 e. The van der Waals surface area contributed by atoms with Crippen molar-refractivity contribution in [2.24, 2.45) is 0 Å². The Labute approximate surface area is 425 Å². The first kappa shape index (κ1) is 45.2. The topological polar surface area (TPSA) is 7.76 Å². The van der Waals surface area contributed by atoms with Crippen LogP contribution < -0.4 is 9.13 Å². The summed E-state index contributed by atoms with van der Waals surface area (Å²) in [4.78, 5) is 0. The van der Waals surface area contributed by atoms with Crippen LogP contribution in [0.15, 0.2) is 225 Å². The Hall–Kier alpha value is -7.94. The van der Waals surface area contributed by atoms with E-state index in [1.165, 1.54) is 129 Å². The van der Waals surface area contributed by atoms with Crippen molar-refractivity contribution in [3.63, 3.8) is 0 Å². The van der Waals surface area contributed by atoms with Gasteiger partial charge in [-0.2, -0.15) is 9.13 Å². The fourth-order valence-corrected chi connectivity index (χ4v) is 12.4. The highest BCUT2D eigenvalue weighted by molar-refractivity contribution is 6.02. The largest absolute Gasteiger partial charge is 0.232 e. The SMILES string of the molecule is CCCCc1ccc2[n+](c1)C(CC)(C[n+]1ccc3ccccc3c1-c1cc(-c3cccc(-c4cc(-c5cccc6ccccc56)cc(-c5cccc6ccccc56)c4)c3)ccc1C)C(CC)c1ccccc1-2. The van der Waals surface area contributed by atoms with Gasteiger partial charge < -0.3 is 0 Å². The molecular weight excluding hydrogens is 869 g/mol. The zero-order chi connectivity index (χ0) is 48.8. The van der Waals surface area contributed by atoms with Gasteiger partial charge >= 0.3 is 0 Å². The summed E-state index contributed by atoms with van der Waals surface area (Å²) in [5.41, 5.74) is 18.9. The second-order valence-corrected chi connectivity index (χ2v) is 20.2. The molecule has 0 N–H and O–H groups in total. The van der Waals surface area contributed by atoms with Crippen LogP contribution in [0.5, 0.6) is 0 Å². The summed E-state index contributed by atoms with van der Waals surface area (Å²) in [6.07, 6.45) is 10.4. The predicted molar refractivity (Wildman–Crippen MR) is 303 cm³/mol. The second kappa shape index (κ2) is 19.0. The quantitative estimate of drug-likeness (QED) is 0.108. The van der Waals surface area contributed by atoms with Crippen LogP contribution in [0.25, 0.3) is 99.3 Å². The summed E-state index contributed by atoms with van der Waals surface area (Å²) in [5, 5.41) is 7.54. The maximum atomic E-state index is 2.72. The second-order valence-electron chi connectivity index (χ2n) is 20.2. The summed E-state index contributed by atoms with van der Waals surface area (Å²) in [5.74, 6) is 0.333. The minimum absolute atomic E-state index is 0.201. The number of nitrogens with zero attached hydrogens (tertiary/aromatic N) is 2. The van der Waals surface area contributed by atoms with E-state index < -0.39 is 0 Å². The molecule has 12 rings (SSSR count). The van der Waals surface area contributed by atoms with Gasteiger partial charge in [-0.15, -0.1) is 0 Å². The van der Waals surface area contributed by atoms with Crippen molar-refractivity contribution in [2.45, 2.75) is 77.8 Å². The number of aryl methyl sites for hydroxylation is 2. The van der Waals surface area contributed by atoms with E-state index in [9.17, 15) is 0 Å². The molecule has 0 saturated carbocycles. The van der Waals surface area contributed by atoms with Crippen LogP contribution in [0.1, 0.15) is 69.1 Å². The van der Waals surface area contributed by atoms with Crippen LogP contribution >= 0.6 is 0 Å². The molecule has 0 aliphatic carbocycles. The van der Waals surface area contributed by atoms with Crippen LogP contribution in [-0.4, -0.2) is 0 Å². The normalized spacial score (nSPS) is 15.2. The van der Waals surface area contributed by atoms with E-state index in [1.807, 2.05) is 0 Å². The summed E-state index contributed by atoms with van der Waals surface area (Å²) in [6, 6.07) is 79.8. The highest BCUT2D eigenvalue weighted by atomic mass is 15.1. The van der Waals surface area contributed by atoms with Crippen molar-refractivity contribution < 1.29 is 9.13 Å². The third kappa shape index (κ3) is 7.91. The molecule has 9 aromatic carbocycles. The molecule has 2 atom stereocenters. The molecule has 1 aliphatic rings. The first-order chi connectivity index (χ1) is 35.4. The average Bonchev–Trinajstić information content (AvgIpc) is 3.44. The summed E-state index contributed by atoms with van der Waals surface area (Å²) in [7, 11) is 0. The highest BCUT2D eigenvalue weighted by Gasteiger charge is 2.55. The number of pyridine rings is 2. The van der Waals surface area contributed by atoms with Gasteiger partial charge in [0.15, 0.2) is 12.4 Å². The third-order valence-corrected chi connectivity index (χ3v) is 16.1. The molecule has 0 bridgehead atoms. The van der Waals surface area contributed by atoms with Crippen LogP contribution in [0.4, 0.5) is 0 Å². The van der Waals surface area contributed by atoms with Gasteiger partial charge in [-0.3, -0.25) is 0 Å². The van der Waals surface area contributed by atoms with E-state index in [-0.39, 0.29) is 5.54 Å². The van der Waals surface area contributed by atoms with Crippen molar-refractivity contribution in [2.75, 3.05) is 0 Å². The van der Waals surface area contributed by atoms with Gasteiger partial charge in [-0.1, -0.05) is 179 Å². The Morgan fingerprint density at radius 1 is 0.458 bits per heavy atom. The third-order valence-electron chi connectivity index (χ3n) is 16.1. The van der Waals surface area contributed by atoms with Crippen molar-refractivity contribution in [1.29, 1.82) is 0 Å². The van der Waals surface area contributed by atoms with Gasteiger partial charge in [0, 0.05) is 29.7 Å². The molecule has 350 valence electrons. The molecule has 2 aromatic heterocycles. The van der Waals surface area contributed by atoms with Crippen molar-refractivity contribution >= 4 is 32.3 Å². The minimum Gasteiger partial charge on any atom is -0.190 e. The van der Waals surface area contributed by atoms with Crippen LogP contribution in [0.2, 0.25) is 0 Å². The predicted octanol–water partition coefficient (Wildman–Crippen LogP) is 17.7. The first-order valence-corrected chi connectivity index (χ1v) is 26.3. The fourth-order valence-electron chi connectivity index (χ4n) is 12.4. The molecule has 0 radical (unpaired) electrons. The molecule has 72 heavy (non-hydrogen) atoms. The zero-order valence-corrected chi connectivity index (χ0v) is 42.1. The highest BCUT2D eigenvalue weighted by Crippen LogP contribution is 2.46. The molecular formula is C70H62N2+2. The number of hydrogen-bond acceptors (Lipinski definition) is 0. The van der Waals surface area contributed by atoms with E-state index in [0.717, 1.165) is 25.8 Å². The summed E-state index contributed by atoms with van der Waals surface area (Å²) >= 11 is 0. The van der Waals surface area contributed by atoms with Crippen LogP contribution in [-0.2, 0) is 18.5 Å². The number of fused-ring (bicyclic) bond motifs is 6. The number of benzene rings is 9. The Bertz CT molecular complexity index is 3730. The maximum absolute atomic E-state index is 2.72. The number of hydrogen-bond donors (Lipinski definition) is 0. The molecule has 0 spiro atoms. The van der Waals surface area contributed by atoms with Gasteiger partial charge in [0.1, 0.15) is 0 Å². The average molecular weight is 931 g/mol. The number of unbranched alkanes of at least 4 members (excludes halogenated alkanes) is 1. The lowest BCUT2D eigenvalue weighted by Gasteiger charge is -2.38. The van der Waals surface area contributed by atoms with Crippen molar-refractivity contribution in [1.82, 2.24) is 0 Å². The zero-order valence-electron chi connectivity index (χ0n) is 42.1. The monoisotopic (exact) mass is 930 g/mol. The van der Waals surface area contributed by atoms with E-state index in [2.05, 4.69) is 262 Å². The Kier molecular flexibility index (Phi) is 11.9. The summed E-state index contributed by atoms with van der Waals surface area (Å²) < 4.78 is 5.34. The number of rotatable bonds is 12. The lowest BCUT2D eigenvalue weighted by molar-refractivity contribution is -0.828. The van der Waals surface area contributed by atoms with Gasteiger partial charge in [0.05, 0.1) is 16.9 Å². The summed E-state index contributed by atoms with van der Waals surface area (Å²) in [6.45, 7) is 10.3. The molecule has 0 fully saturated rings. The Balaban J connectivity index is 1.00. The van der Waals surface area contributed by atoms with E-state index in [0.29, 0.717) is 5.92 Å². The lowest BCUT2D eigenvalue weighted by atomic mass is 9.70. The molecule has 11 aromatic rings. The molecule has 2 nitrogen and oxygen atoms in total. The molecule has 2 heteroatoms. The van der Waals surface area contributed by atoms with Gasteiger partial charge in [-0.25, -0.2) is 0 Å². The van der Waals surface area contributed by atoms with Crippen molar-refractivity contribution in [3.8, 4) is 67.0 Å². The van der Waals surface area contributed by atoms with E-state index in [1.54, 1.807) is 0 Å². The van der Waals surface area contributed by atoms with Crippen LogP contribution in [0, 0.1) is 6.92 Å². The number of aromatic nitrogens is 2. The van der Waals surface area contributed by atoms with Gasteiger partial charge in [0.2, 0.25) is 23.5 Å². The molecule has 1 aliphatic heterocycles. The minimum atomic E-state index is -0.201. The first-order valence-electron chi connectivity index (χ1n) is 26.3. The van der Waals surface area contributed by atoms with Gasteiger partial charge in [-0.05, 0) is 157 Å². The van der Waals surface area contributed by atoms with E-state index >= 15 is 0 Å². The molecule has 2 unspecified atom stereocenters. The smallest absolute Gasteiger partial charge is 0.190 e. The standard InChI is InChI=1S/C70H62N2/c1-5-8-20-49-36-38-68-65-32-16-15-31-64(65)67(6-2)70(7-3,72(68)46-49)47-71-40-39-52-23-11-14-30-63(52)69(71)66-45-55(37-35-48(66)4)53-26-17-27-54(41-53)56-42-57(61-33-18-24-50-21-9-12-28-59(50)61)44-58(43-56)62-34-19-25-51-22-10-13-29-60(51)62/h9-19,21-46,67H,5-8,20,47H2,1-4H3/q+2. The lowest BCUT2D eigenvalue weighted by Crippen LogP contribution is -2.68. The molecule has 0 saturated heterocycles. The Morgan fingerprint density at radius 3 is 1.69 bits per heavy atom. The molecule has 0 amide bonds. The fraction of sp³-hybridized carbons (Fsp3) is 0.171. The molecule has 3 heterocycles. The van der Waals surface area contributed by atoms with E-state index in [4.69, 9.17) is 0 Å². The van der Waals surface area contributed by atoms with Crippen molar-refractivity contribution in [3.05, 3.63) is 241 Å². The Morgan fingerprint density at radius 2 is 1.01 bits per heavy atom. The van der Waals surface area contributed by atoms with Crippen LogP contribution in [0.3, 0.4) is 0 Å². The van der Waals surface area contributed by atoms with Gasteiger partial charge in [0.25, 0.3) is 0 Å².